The number of hydrogen-bond acceptors (Lipinski definition) is 5. The van der Waals surface area contributed by atoms with Gasteiger partial charge < -0.3 is 5.32 Å². The largest absolute Gasteiger partial charge is 0.323 e. The number of benzene rings is 1. The van der Waals surface area contributed by atoms with Gasteiger partial charge in [-0.2, -0.15) is 4.98 Å². The topological polar surface area (TPSA) is 92.5 Å². The number of carbonyl (C=O) groups excluding carboxylic acids is 2. The summed E-state index contributed by atoms with van der Waals surface area (Å²) in [7, 11) is 0. The van der Waals surface area contributed by atoms with Crippen LogP contribution in [0.2, 0.25) is 0 Å². The van der Waals surface area contributed by atoms with Crippen LogP contribution in [0.25, 0.3) is 5.78 Å². The van der Waals surface area contributed by atoms with Crippen molar-refractivity contribution in [3.8, 4) is 0 Å². The number of anilines is 2. The van der Waals surface area contributed by atoms with E-state index in [0.717, 1.165) is 11.4 Å². The highest BCUT2D eigenvalue weighted by Gasteiger charge is 2.30. The van der Waals surface area contributed by atoms with E-state index in [1.807, 2.05) is 26.0 Å². The van der Waals surface area contributed by atoms with Gasteiger partial charge in [0.05, 0.1) is 11.4 Å². The van der Waals surface area contributed by atoms with Crippen LogP contribution < -0.4 is 10.2 Å². The maximum atomic E-state index is 12.9. The van der Waals surface area contributed by atoms with Gasteiger partial charge in [0, 0.05) is 11.4 Å². The van der Waals surface area contributed by atoms with Crippen LogP contribution in [0, 0.1) is 13.8 Å². The van der Waals surface area contributed by atoms with Crippen LogP contribution in [0.3, 0.4) is 0 Å². The maximum absolute atomic E-state index is 12.9. The molecule has 3 heterocycles. The fourth-order valence-corrected chi connectivity index (χ4v) is 2.79. The molecular weight excluding hydrogens is 308 g/mol. The number of rotatable bonds is 1. The minimum absolute atomic E-state index is 0.0145. The standard InChI is InChI=1S/C16H14N6O2/c1-9-7-10(2)22-16(17-9)19-14(20-22)15(24)21-8-13(23)18-11-5-3-4-6-12(11)21/h3-7H,8H2,1-2H3,(H,18,23). The fourth-order valence-electron chi connectivity index (χ4n) is 2.79. The highest BCUT2D eigenvalue weighted by molar-refractivity contribution is 6.13. The number of carbonyl (C=O) groups is 2. The van der Waals surface area contributed by atoms with Crippen LogP contribution in [0.1, 0.15) is 22.0 Å². The van der Waals surface area contributed by atoms with Gasteiger partial charge in [0.25, 0.3) is 11.7 Å². The molecule has 1 aromatic carbocycles. The molecule has 8 nitrogen and oxygen atoms in total. The smallest absolute Gasteiger partial charge is 0.298 e. The van der Waals surface area contributed by atoms with E-state index >= 15 is 0 Å². The van der Waals surface area contributed by atoms with Crippen molar-refractivity contribution >= 4 is 29.0 Å². The zero-order valence-corrected chi connectivity index (χ0v) is 13.1. The Balaban J connectivity index is 1.79. The molecule has 0 aliphatic carbocycles. The predicted octanol–water partition coefficient (Wildman–Crippen LogP) is 1.34. The zero-order chi connectivity index (χ0) is 16.8. The van der Waals surface area contributed by atoms with Crippen LogP contribution in [0.4, 0.5) is 11.4 Å². The average molecular weight is 322 g/mol. The SMILES string of the molecule is Cc1cc(C)n2nc(C(=O)N3CC(=O)Nc4ccccc43)nc2n1. The third-order valence-corrected chi connectivity index (χ3v) is 3.83. The van der Waals surface area contributed by atoms with Crippen molar-refractivity contribution in [2.45, 2.75) is 13.8 Å². The molecule has 0 saturated carbocycles. The fraction of sp³-hybridized carbons (Fsp3) is 0.188. The first-order valence-corrected chi connectivity index (χ1v) is 7.45. The number of aryl methyl sites for hydroxylation is 2. The average Bonchev–Trinajstić information content (AvgIpc) is 2.97. The number of nitrogens with zero attached hydrogens (tertiary/aromatic N) is 5. The van der Waals surface area contributed by atoms with Crippen molar-refractivity contribution in [1.82, 2.24) is 19.6 Å². The lowest BCUT2D eigenvalue weighted by atomic mass is 10.2. The van der Waals surface area contributed by atoms with Crippen molar-refractivity contribution in [3.63, 3.8) is 0 Å². The van der Waals surface area contributed by atoms with Crippen molar-refractivity contribution in [2.75, 3.05) is 16.8 Å². The van der Waals surface area contributed by atoms with Crippen molar-refractivity contribution in [3.05, 3.63) is 47.5 Å². The van der Waals surface area contributed by atoms with Crippen molar-refractivity contribution in [1.29, 1.82) is 0 Å². The van der Waals surface area contributed by atoms with Crippen LogP contribution in [0.15, 0.2) is 30.3 Å². The molecular formula is C16H14N6O2. The summed E-state index contributed by atoms with van der Waals surface area (Å²) in [5.41, 5.74) is 2.85. The molecule has 2 amide bonds. The zero-order valence-electron chi connectivity index (χ0n) is 13.1. The molecule has 0 bridgehead atoms. The minimum Gasteiger partial charge on any atom is -0.323 e. The van der Waals surface area contributed by atoms with E-state index in [4.69, 9.17) is 0 Å². The number of amides is 2. The second-order valence-electron chi connectivity index (χ2n) is 5.64. The number of nitrogens with one attached hydrogen (secondary N) is 1. The predicted molar refractivity (Wildman–Crippen MR) is 87.0 cm³/mol. The maximum Gasteiger partial charge on any atom is 0.298 e. The van der Waals surface area contributed by atoms with Gasteiger partial charge in [-0.15, -0.1) is 5.10 Å². The van der Waals surface area contributed by atoms with Gasteiger partial charge in [-0.1, -0.05) is 12.1 Å². The van der Waals surface area contributed by atoms with Gasteiger partial charge in [-0.05, 0) is 32.0 Å². The molecule has 0 fully saturated rings. The first-order chi connectivity index (χ1) is 11.5. The Labute approximate surface area is 137 Å². The van der Waals surface area contributed by atoms with Crippen LogP contribution in [-0.2, 0) is 4.79 Å². The molecule has 2 aromatic heterocycles. The van der Waals surface area contributed by atoms with E-state index in [1.165, 1.54) is 9.42 Å². The molecule has 1 aliphatic rings. The second-order valence-corrected chi connectivity index (χ2v) is 5.64. The monoisotopic (exact) mass is 322 g/mol. The molecule has 4 rings (SSSR count). The molecule has 3 aromatic rings. The Morgan fingerprint density at radius 2 is 2.00 bits per heavy atom. The Morgan fingerprint density at radius 1 is 1.21 bits per heavy atom. The number of hydrogen-bond donors (Lipinski definition) is 1. The van der Waals surface area contributed by atoms with Gasteiger partial charge in [-0.25, -0.2) is 9.50 Å². The summed E-state index contributed by atoms with van der Waals surface area (Å²) < 4.78 is 1.52. The third kappa shape index (κ3) is 2.19. The Hall–Kier alpha value is -3.29. The van der Waals surface area contributed by atoms with E-state index in [9.17, 15) is 9.59 Å². The normalized spacial score (nSPS) is 13.8. The van der Waals surface area contributed by atoms with Gasteiger partial charge in [0.15, 0.2) is 0 Å². The van der Waals surface area contributed by atoms with E-state index in [1.54, 1.807) is 18.2 Å². The molecule has 0 saturated heterocycles. The molecule has 0 spiro atoms. The van der Waals surface area contributed by atoms with E-state index in [-0.39, 0.29) is 18.3 Å². The van der Waals surface area contributed by atoms with Gasteiger partial charge in [-0.3, -0.25) is 14.5 Å². The molecule has 120 valence electrons. The number of para-hydroxylation sites is 2. The Morgan fingerprint density at radius 3 is 2.83 bits per heavy atom. The van der Waals surface area contributed by atoms with E-state index in [0.29, 0.717) is 17.2 Å². The van der Waals surface area contributed by atoms with Crippen LogP contribution in [0.5, 0.6) is 0 Å². The molecule has 24 heavy (non-hydrogen) atoms. The van der Waals surface area contributed by atoms with E-state index < -0.39 is 5.91 Å². The quantitative estimate of drug-likeness (QED) is 0.730. The summed E-state index contributed by atoms with van der Waals surface area (Å²) in [5, 5.41) is 6.99. The molecule has 8 heteroatoms. The summed E-state index contributed by atoms with van der Waals surface area (Å²) in [6.45, 7) is 3.65. The number of aromatic nitrogens is 4. The summed E-state index contributed by atoms with van der Waals surface area (Å²) in [5.74, 6) is -0.304. The third-order valence-electron chi connectivity index (χ3n) is 3.83. The summed E-state index contributed by atoms with van der Waals surface area (Å²) in [6, 6.07) is 8.99. The lowest BCUT2D eigenvalue weighted by Gasteiger charge is -2.28. The Kier molecular flexibility index (Phi) is 3.05. The summed E-state index contributed by atoms with van der Waals surface area (Å²) in [4.78, 5) is 34.6. The van der Waals surface area contributed by atoms with Crippen LogP contribution in [-0.4, -0.2) is 37.9 Å². The van der Waals surface area contributed by atoms with Gasteiger partial charge in [0.1, 0.15) is 6.54 Å². The minimum atomic E-state index is -0.431. The lowest BCUT2D eigenvalue weighted by molar-refractivity contribution is -0.115. The Bertz CT molecular complexity index is 993. The molecule has 0 unspecified atom stereocenters. The van der Waals surface area contributed by atoms with Gasteiger partial charge in [0.2, 0.25) is 11.7 Å². The first-order valence-electron chi connectivity index (χ1n) is 7.45. The van der Waals surface area contributed by atoms with Crippen LogP contribution >= 0.6 is 0 Å². The molecule has 1 aliphatic heterocycles. The summed E-state index contributed by atoms with van der Waals surface area (Å²) >= 11 is 0. The summed E-state index contributed by atoms with van der Waals surface area (Å²) in [6.07, 6.45) is 0. The van der Waals surface area contributed by atoms with Crippen molar-refractivity contribution < 1.29 is 9.59 Å². The van der Waals surface area contributed by atoms with Gasteiger partial charge >= 0.3 is 0 Å². The molecule has 1 N–H and O–H groups in total. The lowest BCUT2D eigenvalue weighted by Crippen LogP contribution is -2.42. The highest BCUT2D eigenvalue weighted by atomic mass is 16.2. The van der Waals surface area contributed by atoms with Crippen molar-refractivity contribution in [2.24, 2.45) is 0 Å². The second kappa shape index (κ2) is 5.12. The molecule has 0 atom stereocenters. The number of fused-ring (bicyclic) bond motifs is 2. The first kappa shape index (κ1) is 14.3. The highest BCUT2D eigenvalue weighted by Crippen LogP contribution is 2.29. The molecule has 0 radical (unpaired) electrons. The van der Waals surface area contributed by atoms with E-state index in [2.05, 4.69) is 20.4 Å².